The van der Waals surface area contributed by atoms with Crippen molar-refractivity contribution >= 4 is 5.69 Å². The summed E-state index contributed by atoms with van der Waals surface area (Å²) in [7, 11) is 1.47. The first-order valence-electron chi connectivity index (χ1n) is 4.81. The maximum atomic E-state index is 10.6. The van der Waals surface area contributed by atoms with Gasteiger partial charge in [0.25, 0.3) is 5.88 Å². The summed E-state index contributed by atoms with van der Waals surface area (Å²) in [6.07, 6.45) is 0. The average molecular weight is 234 g/mol. The quantitative estimate of drug-likeness (QED) is 0.820. The zero-order valence-corrected chi connectivity index (χ0v) is 9.30. The highest BCUT2D eigenvalue weighted by Gasteiger charge is 2.11. The number of hydrogen-bond acceptors (Lipinski definition) is 6. The van der Waals surface area contributed by atoms with Crippen molar-refractivity contribution in [1.82, 2.24) is 15.2 Å². The summed E-state index contributed by atoms with van der Waals surface area (Å²) in [5, 5.41) is 9.40. The van der Waals surface area contributed by atoms with Crippen LogP contribution < -0.4 is 9.47 Å². The molecule has 7 nitrogen and oxygen atoms in total. The summed E-state index contributed by atoms with van der Waals surface area (Å²) in [5.41, 5.74) is 0.926. The minimum Gasteiger partial charge on any atom is -0.481 e. The van der Waals surface area contributed by atoms with Gasteiger partial charge in [-0.2, -0.15) is 4.98 Å². The number of nitroso groups, excluding NO2 is 1. The number of H-pyrrole nitrogens is 1. The minimum atomic E-state index is 0.0610. The van der Waals surface area contributed by atoms with Gasteiger partial charge in [-0.15, -0.1) is 10.0 Å². The van der Waals surface area contributed by atoms with E-state index in [0.717, 1.165) is 5.69 Å². The molecule has 0 aliphatic heterocycles. The zero-order valence-electron chi connectivity index (χ0n) is 9.30. The highest BCUT2D eigenvalue weighted by atomic mass is 16.5. The van der Waals surface area contributed by atoms with Crippen LogP contribution in [-0.2, 0) is 0 Å². The van der Waals surface area contributed by atoms with Crippen molar-refractivity contribution in [2.24, 2.45) is 5.18 Å². The molecule has 2 rings (SSSR count). The van der Waals surface area contributed by atoms with Crippen molar-refractivity contribution in [3.63, 3.8) is 0 Å². The van der Waals surface area contributed by atoms with Crippen LogP contribution in [0.5, 0.6) is 17.6 Å². The van der Waals surface area contributed by atoms with Crippen LogP contribution >= 0.6 is 0 Å². The molecule has 0 aliphatic carbocycles. The Bertz CT molecular complexity index is 538. The Hall–Kier alpha value is -2.44. The van der Waals surface area contributed by atoms with Crippen LogP contribution in [0.2, 0.25) is 0 Å². The predicted octanol–water partition coefficient (Wildman–Crippen LogP) is 2.31. The van der Waals surface area contributed by atoms with E-state index in [0.29, 0.717) is 11.8 Å². The molecule has 2 heterocycles. The summed E-state index contributed by atoms with van der Waals surface area (Å²) < 4.78 is 10.3. The Labute approximate surface area is 96.8 Å². The molecular formula is C10H10N4O3. The number of aromatic nitrogens is 3. The Morgan fingerprint density at radius 1 is 1.35 bits per heavy atom. The predicted molar refractivity (Wildman–Crippen MR) is 59.6 cm³/mol. The lowest BCUT2D eigenvalue weighted by Gasteiger charge is -2.04. The van der Waals surface area contributed by atoms with Crippen molar-refractivity contribution in [2.45, 2.75) is 6.92 Å². The molecule has 0 unspecified atom stereocenters. The van der Waals surface area contributed by atoms with E-state index < -0.39 is 0 Å². The lowest BCUT2D eigenvalue weighted by Crippen LogP contribution is -1.92. The van der Waals surface area contributed by atoms with E-state index in [1.807, 2.05) is 6.92 Å². The molecule has 88 valence electrons. The van der Waals surface area contributed by atoms with Gasteiger partial charge in [-0.25, -0.2) is 0 Å². The molecule has 7 heteroatoms. The monoisotopic (exact) mass is 234 g/mol. The molecule has 0 fully saturated rings. The zero-order chi connectivity index (χ0) is 12.3. The Morgan fingerprint density at radius 2 is 2.18 bits per heavy atom. The second-order valence-corrected chi connectivity index (χ2v) is 3.26. The number of rotatable bonds is 4. The molecule has 17 heavy (non-hydrogen) atoms. The van der Waals surface area contributed by atoms with Crippen LogP contribution in [0.4, 0.5) is 5.69 Å². The number of pyridine rings is 1. The van der Waals surface area contributed by atoms with Crippen LogP contribution in [0.3, 0.4) is 0 Å². The van der Waals surface area contributed by atoms with Crippen LogP contribution in [0, 0.1) is 11.8 Å². The lowest BCUT2D eigenvalue weighted by atomic mass is 10.4. The van der Waals surface area contributed by atoms with Crippen LogP contribution in [0.1, 0.15) is 5.69 Å². The number of nitrogens with one attached hydrogen (secondary N) is 1. The Balaban J connectivity index is 2.32. The maximum absolute atomic E-state index is 10.6. The number of hydrogen-bond donors (Lipinski definition) is 1. The second-order valence-electron chi connectivity index (χ2n) is 3.26. The third kappa shape index (κ3) is 2.39. The van der Waals surface area contributed by atoms with Gasteiger partial charge in [0.05, 0.1) is 7.11 Å². The topological polar surface area (TPSA) is 89.5 Å². The van der Waals surface area contributed by atoms with Crippen molar-refractivity contribution in [3.05, 3.63) is 28.8 Å². The molecule has 0 aliphatic rings. The number of aromatic amines is 1. The molecule has 0 atom stereocenters. The van der Waals surface area contributed by atoms with Crippen molar-refractivity contribution < 1.29 is 9.47 Å². The Kier molecular flexibility index (Phi) is 2.99. The van der Waals surface area contributed by atoms with Crippen molar-refractivity contribution in [3.8, 4) is 17.6 Å². The molecule has 1 N–H and O–H groups in total. The van der Waals surface area contributed by atoms with E-state index in [9.17, 15) is 4.91 Å². The van der Waals surface area contributed by atoms with Gasteiger partial charge in [-0.3, -0.25) is 5.10 Å². The van der Waals surface area contributed by atoms with Crippen molar-refractivity contribution in [2.75, 3.05) is 7.11 Å². The third-order valence-corrected chi connectivity index (χ3v) is 2.01. The van der Waals surface area contributed by atoms with Gasteiger partial charge in [0.15, 0.2) is 5.69 Å². The van der Waals surface area contributed by atoms with E-state index >= 15 is 0 Å². The first-order chi connectivity index (χ1) is 8.22. The highest BCUT2D eigenvalue weighted by Crippen LogP contribution is 2.30. The fraction of sp³-hybridized carbons (Fsp3) is 0.200. The van der Waals surface area contributed by atoms with Gasteiger partial charge in [-0.1, -0.05) is 0 Å². The molecule has 2 aromatic heterocycles. The molecule has 0 spiro atoms. The molecule has 0 amide bonds. The highest BCUT2D eigenvalue weighted by molar-refractivity contribution is 5.49. The fourth-order valence-corrected chi connectivity index (χ4v) is 1.22. The van der Waals surface area contributed by atoms with E-state index in [1.54, 1.807) is 6.07 Å². The van der Waals surface area contributed by atoms with E-state index in [4.69, 9.17) is 9.47 Å². The maximum Gasteiger partial charge on any atom is 0.254 e. The molecule has 0 bridgehead atoms. The number of methoxy groups -OCH3 is 1. The first kappa shape index (κ1) is 11.1. The Morgan fingerprint density at radius 3 is 2.76 bits per heavy atom. The molecule has 0 aromatic carbocycles. The van der Waals surface area contributed by atoms with Gasteiger partial charge in [-0.05, 0) is 18.2 Å². The SMILES string of the molecule is COc1ccc(N=O)c(Oc2cc(C)[nH]n2)n1. The minimum absolute atomic E-state index is 0.0610. The number of nitrogens with zero attached hydrogens (tertiary/aromatic N) is 3. The summed E-state index contributed by atoms with van der Waals surface area (Å²) >= 11 is 0. The standard InChI is InChI=1S/C10H10N4O3/c1-6-5-9(13-12-6)17-10-7(14-15)3-4-8(11-10)16-2/h3-5H,1-2H3,(H,12,13). The number of ether oxygens (including phenoxy) is 2. The molecule has 2 aromatic rings. The van der Waals surface area contributed by atoms with Gasteiger partial charge in [0.2, 0.25) is 11.8 Å². The van der Waals surface area contributed by atoms with Crippen LogP contribution in [-0.4, -0.2) is 22.3 Å². The van der Waals surface area contributed by atoms with Gasteiger partial charge in [0.1, 0.15) is 0 Å². The van der Waals surface area contributed by atoms with E-state index in [-0.39, 0.29) is 11.6 Å². The summed E-state index contributed by atoms with van der Waals surface area (Å²) in [6.45, 7) is 1.83. The van der Waals surface area contributed by atoms with Gasteiger partial charge < -0.3 is 9.47 Å². The van der Waals surface area contributed by atoms with Crippen LogP contribution in [0.15, 0.2) is 23.4 Å². The van der Waals surface area contributed by atoms with Gasteiger partial charge >= 0.3 is 0 Å². The normalized spacial score (nSPS) is 10.0. The largest absolute Gasteiger partial charge is 0.481 e. The van der Waals surface area contributed by atoms with E-state index in [1.165, 1.54) is 19.2 Å². The summed E-state index contributed by atoms with van der Waals surface area (Å²) in [6, 6.07) is 4.67. The fourth-order valence-electron chi connectivity index (χ4n) is 1.22. The first-order valence-corrected chi connectivity index (χ1v) is 4.81. The average Bonchev–Trinajstić information content (AvgIpc) is 2.74. The molecular weight excluding hydrogens is 224 g/mol. The van der Waals surface area contributed by atoms with E-state index in [2.05, 4.69) is 20.4 Å². The second kappa shape index (κ2) is 4.60. The van der Waals surface area contributed by atoms with Crippen molar-refractivity contribution in [1.29, 1.82) is 0 Å². The smallest absolute Gasteiger partial charge is 0.254 e. The molecule has 0 saturated carbocycles. The van der Waals surface area contributed by atoms with Gasteiger partial charge in [0, 0.05) is 17.8 Å². The number of aryl methyl sites for hydroxylation is 1. The molecule has 0 saturated heterocycles. The summed E-state index contributed by atoms with van der Waals surface area (Å²) in [5.74, 6) is 0.707. The van der Waals surface area contributed by atoms with Crippen LogP contribution in [0.25, 0.3) is 0 Å². The molecule has 0 radical (unpaired) electrons. The summed E-state index contributed by atoms with van der Waals surface area (Å²) in [4.78, 5) is 14.6. The lowest BCUT2D eigenvalue weighted by molar-refractivity contribution is 0.381. The third-order valence-electron chi connectivity index (χ3n) is 2.01.